The average Bonchev–Trinajstić information content (AvgIpc) is 2.66. The number of ether oxygens (including phenoxy) is 1. The van der Waals surface area contributed by atoms with Crippen LogP contribution in [0.3, 0.4) is 0 Å². The van der Waals surface area contributed by atoms with Crippen molar-refractivity contribution in [2.45, 2.75) is 59.4 Å². The van der Waals surface area contributed by atoms with E-state index >= 15 is 0 Å². The molecule has 28 heavy (non-hydrogen) atoms. The van der Waals surface area contributed by atoms with Crippen molar-refractivity contribution in [3.8, 4) is 5.75 Å². The molecule has 0 saturated heterocycles. The number of nitrogens with zero attached hydrogens (tertiary/aromatic N) is 1. The van der Waals surface area contributed by atoms with Crippen LogP contribution in [-0.4, -0.2) is 34.9 Å². The zero-order valence-corrected chi connectivity index (χ0v) is 17.3. The number of carbonyl (C=O) groups is 2. The molecule has 1 atom stereocenters. The van der Waals surface area contributed by atoms with Gasteiger partial charge in [0.05, 0.1) is 5.56 Å². The highest BCUT2D eigenvalue weighted by Crippen LogP contribution is 2.21. The van der Waals surface area contributed by atoms with Gasteiger partial charge in [-0.15, -0.1) is 0 Å². The molecule has 1 N–H and O–H groups in total. The van der Waals surface area contributed by atoms with Crippen molar-refractivity contribution in [3.05, 3.63) is 65.7 Å². The maximum Gasteiger partial charge on any atom is 0.263 e. The summed E-state index contributed by atoms with van der Waals surface area (Å²) in [5.41, 5.74) is 1.43. The van der Waals surface area contributed by atoms with Crippen LogP contribution in [0.25, 0.3) is 0 Å². The standard InChI is InChI=1S/C23H30N2O3/c1-16(2)25(17(3)4)23(27)18(5)28-21-14-10-9-13-20(21)22(26)24-15-19-11-7-6-8-12-19/h6-14,16-18H,15H2,1-5H3,(H,24,26)/t18-/m1/s1. The number of hydrogen-bond acceptors (Lipinski definition) is 3. The number of carbonyl (C=O) groups excluding carboxylic acids is 2. The second-order valence-corrected chi connectivity index (χ2v) is 7.36. The van der Waals surface area contributed by atoms with Crippen LogP contribution in [0.4, 0.5) is 0 Å². The third-order valence-corrected chi connectivity index (χ3v) is 4.45. The first-order chi connectivity index (χ1) is 13.3. The third-order valence-electron chi connectivity index (χ3n) is 4.45. The molecule has 0 fully saturated rings. The molecule has 150 valence electrons. The van der Waals surface area contributed by atoms with Gasteiger partial charge in [0.15, 0.2) is 6.10 Å². The number of nitrogens with one attached hydrogen (secondary N) is 1. The smallest absolute Gasteiger partial charge is 0.263 e. The minimum absolute atomic E-state index is 0.0722. The molecule has 0 aromatic heterocycles. The van der Waals surface area contributed by atoms with Gasteiger partial charge in [0.2, 0.25) is 0 Å². The van der Waals surface area contributed by atoms with Gasteiger partial charge in [0, 0.05) is 18.6 Å². The molecular formula is C23H30N2O3. The van der Waals surface area contributed by atoms with E-state index in [9.17, 15) is 9.59 Å². The number of amides is 2. The minimum Gasteiger partial charge on any atom is -0.480 e. The van der Waals surface area contributed by atoms with Crippen LogP contribution in [-0.2, 0) is 11.3 Å². The summed E-state index contributed by atoms with van der Waals surface area (Å²) in [5.74, 6) is 0.0783. The monoisotopic (exact) mass is 382 g/mol. The lowest BCUT2D eigenvalue weighted by atomic mass is 10.1. The van der Waals surface area contributed by atoms with Gasteiger partial charge in [-0.3, -0.25) is 9.59 Å². The van der Waals surface area contributed by atoms with E-state index in [2.05, 4.69) is 5.32 Å². The van der Waals surface area contributed by atoms with Crippen molar-refractivity contribution in [1.82, 2.24) is 10.2 Å². The van der Waals surface area contributed by atoms with Gasteiger partial charge in [0.25, 0.3) is 11.8 Å². The predicted molar refractivity (Wildman–Crippen MR) is 111 cm³/mol. The van der Waals surface area contributed by atoms with Gasteiger partial charge in [-0.05, 0) is 52.3 Å². The molecule has 2 amide bonds. The highest BCUT2D eigenvalue weighted by Gasteiger charge is 2.27. The molecule has 0 spiro atoms. The third kappa shape index (κ3) is 5.59. The van der Waals surface area contributed by atoms with E-state index in [1.54, 1.807) is 36.1 Å². The van der Waals surface area contributed by atoms with E-state index in [0.717, 1.165) is 5.56 Å². The summed E-state index contributed by atoms with van der Waals surface area (Å²) in [7, 11) is 0. The largest absolute Gasteiger partial charge is 0.480 e. The second-order valence-electron chi connectivity index (χ2n) is 7.36. The minimum atomic E-state index is -0.687. The molecule has 0 aliphatic heterocycles. The fraction of sp³-hybridized carbons (Fsp3) is 0.391. The summed E-state index contributed by atoms with van der Waals surface area (Å²) in [4.78, 5) is 27.3. The first kappa shape index (κ1) is 21.5. The van der Waals surface area contributed by atoms with Gasteiger partial charge in [-0.1, -0.05) is 42.5 Å². The van der Waals surface area contributed by atoms with Crippen LogP contribution >= 0.6 is 0 Å². The van der Waals surface area contributed by atoms with Crippen molar-refractivity contribution in [3.63, 3.8) is 0 Å². The molecule has 0 heterocycles. The van der Waals surface area contributed by atoms with Gasteiger partial charge in [-0.2, -0.15) is 0 Å². The maximum absolute atomic E-state index is 12.8. The highest BCUT2D eigenvalue weighted by atomic mass is 16.5. The van der Waals surface area contributed by atoms with Gasteiger partial charge < -0.3 is 15.0 Å². The van der Waals surface area contributed by atoms with Crippen LogP contribution in [0.15, 0.2) is 54.6 Å². The SMILES string of the molecule is CC(C)N(C(=O)[C@@H](C)Oc1ccccc1C(=O)NCc1ccccc1)C(C)C. The highest BCUT2D eigenvalue weighted by molar-refractivity contribution is 5.97. The number of para-hydroxylation sites is 1. The van der Waals surface area contributed by atoms with Crippen LogP contribution in [0.2, 0.25) is 0 Å². The Kier molecular flexibility index (Phi) is 7.61. The number of hydrogen-bond donors (Lipinski definition) is 1. The van der Waals surface area contributed by atoms with E-state index in [-0.39, 0.29) is 23.9 Å². The Bertz CT molecular complexity index is 779. The Labute approximate surface area is 167 Å². The van der Waals surface area contributed by atoms with E-state index in [1.807, 2.05) is 58.0 Å². The van der Waals surface area contributed by atoms with Gasteiger partial charge in [-0.25, -0.2) is 0 Å². The Morgan fingerprint density at radius 1 is 0.893 bits per heavy atom. The quantitative estimate of drug-likeness (QED) is 0.750. The van der Waals surface area contributed by atoms with Crippen molar-refractivity contribution >= 4 is 11.8 Å². The molecule has 2 aromatic carbocycles. The normalized spacial score (nSPS) is 12.0. The first-order valence-corrected chi connectivity index (χ1v) is 9.71. The number of benzene rings is 2. The molecule has 0 bridgehead atoms. The Hall–Kier alpha value is -2.82. The lowest BCUT2D eigenvalue weighted by Gasteiger charge is -2.33. The zero-order valence-electron chi connectivity index (χ0n) is 17.3. The Morgan fingerprint density at radius 2 is 1.46 bits per heavy atom. The fourth-order valence-electron chi connectivity index (χ4n) is 3.19. The number of rotatable bonds is 8. The molecule has 2 aromatic rings. The molecule has 0 saturated carbocycles. The van der Waals surface area contributed by atoms with E-state index in [1.165, 1.54) is 0 Å². The molecule has 5 heteroatoms. The van der Waals surface area contributed by atoms with Crippen LogP contribution in [0.1, 0.15) is 50.5 Å². The second kappa shape index (κ2) is 9.93. The molecule has 5 nitrogen and oxygen atoms in total. The summed E-state index contributed by atoms with van der Waals surface area (Å²) < 4.78 is 5.91. The molecule has 0 radical (unpaired) electrons. The first-order valence-electron chi connectivity index (χ1n) is 9.71. The van der Waals surface area contributed by atoms with Crippen molar-refractivity contribution in [2.75, 3.05) is 0 Å². The summed E-state index contributed by atoms with van der Waals surface area (Å²) in [6, 6.07) is 16.9. The maximum atomic E-state index is 12.8. The summed E-state index contributed by atoms with van der Waals surface area (Å²) >= 11 is 0. The summed E-state index contributed by atoms with van der Waals surface area (Å²) in [6.45, 7) is 10.1. The molecular weight excluding hydrogens is 352 g/mol. The van der Waals surface area contributed by atoms with Crippen molar-refractivity contribution < 1.29 is 14.3 Å². The summed E-state index contributed by atoms with van der Waals surface area (Å²) in [6.07, 6.45) is -0.687. The predicted octanol–water partition coefficient (Wildman–Crippen LogP) is 4.03. The Balaban J connectivity index is 2.10. The lowest BCUT2D eigenvalue weighted by Crippen LogP contribution is -2.48. The van der Waals surface area contributed by atoms with E-state index in [0.29, 0.717) is 17.9 Å². The summed E-state index contributed by atoms with van der Waals surface area (Å²) in [5, 5.41) is 2.90. The molecule has 2 rings (SSSR count). The topological polar surface area (TPSA) is 58.6 Å². The van der Waals surface area contributed by atoms with Gasteiger partial charge in [0.1, 0.15) is 5.75 Å². The average molecular weight is 383 g/mol. The van der Waals surface area contributed by atoms with Crippen LogP contribution in [0.5, 0.6) is 5.75 Å². The van der Waals surface area contributed by atoms with Crippen molar-refractivity contribution in [2.24, 2.45) is 0 Å². The zero-order chi connectivity index (χ0) is 20.7. The van der Waals surface area contributed by atoms with Crippen molar-refractivity contribution in [1.29, 1.82) is 0 Å². The van der Waals surface area contributed by atoms with Crippen LogP contribution in [0, 0.1) is 0 Å². The fourth-order valence-corrected chi connectivity index (χ4v) is 3.19. The van der Waals surface area contributed by atoms with E-state index in [4.69, 9.17) is 4.74 Å². The molecule has 0 unspecified atom stereocenters. The molecule has 0 aliphatic rings. The van der Waals surface area contributed by atoms with E-state index < -0.39 is 6.10 Å². The van der Waals surface area contributed by atoms with Gasteiger partial charge >= 0.3 is 0 Å². The van der Waals surface area contributed by atoms with Crippen LogP contribution < -0.4 is 10.1 Å². The lowest BCUT2D eigenvalue weighted by molar-refractivity contribution is -0.141. The Morgan fingerprint density at radius 3 is 2.07 bits per heavy atom. The molecule has 0 aliphatic carbocycles.